The van der Waals surface area contributed by atoms with Gasteiger partial charge in [-0.2, -0.15) is 0 Å². The molecule has 2 aliphatic heterocycles. The fourth-order valence-electron chi connectivity index (χ4n) is 2.84. The van der Waals surface area contributed by atoms with Gasteiger partial charge in [-0.25, -0.2) is 0 Å². The maximum atomic E-state index is 11.6. The molecule has 0 aliphatic carbocycles. The van der Waals surface area contributed by atoms with Crippen LogP contribution in [0.5, 0.6) is 0 Å². The molecule has 2 N–H and O–H groups in total. The van der Waals surface area contributed by atoms with E-state index in [9.17, 15) is 4.79 Å². The van der Waals surface area contributed by atoms with Gasteiger partial charge in [0.05, 0.1) is 0 Å². The fourth-order valence-corrected chi connectivity index (χ4v) is 2.84. The molecule has 2 saturated heterocycles. The Bertz CT molecular complexity index is 272. The predicted molar refractivity (Wildman–Crippen MR) is 64.1 cm³/mol. The van der Waals surface area contributed by atoms with Crippen LogP contribution in [0.15, 0.2) is 0 Å². The van der Waals surface area contributed by atoms with Crippen LogP contribution in [-0.4, -0.2) is 53.5 Å². The number of nitrogens with zero attached hydrogens (tertiary/aromatic N) is 2. The Balaban J connectivity index is 1.86. The van der Waals surface area contributed by atoms with Crippen LogP contribution in [0.3, 0.4) is 0 Å². The van der Waals surface area contributed by atoms with E-state index < -0.39 is 0 Å². The molecule has 2 aliphatic rings. The second kappa shape index (κ2) is 4.34. The largest absolute Gasteiger partial charge is 0.338 e. The molecule has 0 bridgehead atoms. The Hall–Kier alpha value is -0.610. The minimum Gasteiger partial charge on any atom is -0.338 e. The molecule has 1 amide bonds. The molecule has 2 heterocycles. The lowest BCUT2D eigenvalue weighted by Gasteiger charge is -2.28. The zero-order valence-corrected chi connectivity index (χ0v) is 10.4. The van der Waals surface area contributed by atoms with Crippen molar-refractivity contribution in [2.24, 2.45) is 5.73 Å². The van der Waals surface area contributed by atoms with E-state index in [-0.39, 0.29) is 5.54 Å². The minimum atomic E-state index is -0.135. The van der Waals surface area contributed by atoms with Crippen LogP contribution in [0.1, 0.15) is 33.1 Å². The van der Waals surface area contributed by atoms with Crippen molar-refractivity contribution in [2.75, 3.05) is 26.2 Å². The van der Waals surface area contributed by atoms with E-state index in [2.05, 4.69) is 23.6 Å². The number of amides is 1. The summed E-state index contributed by atoms with van der Waals surface area (Å²) in [5.41, 5.74) is 5.88. The van der Waals surface area contributed by atoms with Crippen molar-refractivity contribution in [3.63, 3.8) is 0 Å². The molecule has 1 unspecified atom stereocenters. The fraction of sp³-hybridized carbons (Fsp3) is 0.917. The van der Waals surface area contributed by atoms with Crippen LogP contribution in [0, 0.1) is 0 Å². The molecule has 0 aromatic heterocycles. The molecule has 4 heteroatoms. The highest BCUT2D eigenvalue weighted by molar-refractivity contribution is 5.78. The molecule has 92 valence electrons. The first-order valence-electron chi connectivity index (χ1n) is 6.26. The number of hydrogen-bond donors (Lipinski definition) is 1. The predicted octanol–water partition coefficient (Wildman–Crippen LogP) is 0.420. The molecule has 0 aromatic carbocycles. The summed E-state index contributed by atoms with van der Waals surface area (Å²) in [7, 11) is 0. The van der Waals surface area contributed by atoms with Crippen LogP contribution in [-0.2, 0) is 4.79 Å². The van der Waals surface area contributed by atoms with Crippen molar-refractivity contribution in [2.45, 2.75) is 44.7 Å². The van der Waals surface area contributed by atoms with E-state index in [1.807, 2.05) is 0 Å². The van der Waals surface area contributed by atoms with E-state index in [4.69, 9.17) is 5.73 Å². The molecule has 0 aromatic rings. The highest BCUT2D eigenvalue weighted by Crippen LogP contribution is 2.22. The van der Waals surface area contributed by atoms with Crippen molar-refractivity contribution in [1.29, 1.82) is 0 Å². The molecule has 2 fully saturated rings. The van der Waals surface area contributed by atoms with Gasteiger partial charge in [-0.1, -0.05) is 0 Å². The van der Waals surface area contributed by atoms with Crippen LogP contribution in [0.4, 0.5) is 0 Å². The quantitative estimate of drug-likeness (QED) is 0.757. The van der Waals surface area contributed by atoms with Crippen molar-refractivity contribution in [3.05, 3.63) is 0 Å². The molecular formula is C12H23N3O. The zero-order valence-electron chi connectivity index (χ0n) is 10.4. The lowest BCUT2D eigenvalue weighted by atomic mass is 10.1. The van der Waals surface area contributed by atoms with Crippen LogP contribution >= 0.6 is 0 Å². The van der Waals surface area contributed by atoms with Gasteiger partial charge in [0.25, 0.3) is 0 Å². The zero-order chi connectivity index (χ0) is 11.8. The van der Waals surface area contributed by atoms with E-state index in [0.717, 1.165) is 45.4 Å². The van der Waals surface area contributed by atoms with Crippen molar-refractivity contribution in [1.82, 2.24) is 9.80 Å². The van der Waals surface area contributed by atoms with E-state index in [1.165, 1.54) is 0 Å². The van der Waals surface area contributed by atoms with Crippen molar-refractivity contribution >= 4 is 5.91 Å². The number of carbonyl (C=O) groups is 1. The van der Waals surface area contributed by atoms with Crippen molar-refractivity contribution in [3.8, 4) is 0 Å². The third kappa shape index (κ3) is 2.74. The summed E-state index contributed by atoms with van der Waals surface area (Å²) in [6, 6.07) is 0.442. The second-order valence-corrected chi connectivity index (χ2v) is 5.86. The number of hydrogen-bond acceptors (Lipinski definition) is 3. The SMILES string of the molecule is CC(C)(N)CN1CCC(N2CCCC2=O)C1. The van der Waals surface area contributed by atoms with Gasteiger partial charge >= 0.3 is 0 Å². The minimum absolute atomic E-state index is 0.135. The summed E-state index contributed by atoms with van der Waals surface area (Å²) in [5, 5.41) is 0. The highest BCUT2D eigenvalue weighted by Gasteiger charge is 2.34. The van der Waals surface area contributed by atoms with Gasteiger partial charge in [0.2, 0.25) is 5.91 Å². The van der Waals surface area contributed by atoms with E-state index >= 15 is 0 Å². The summed E-state index contributed by atoms with van der Waals surface area (Å²) in [5.74, 6) is 0.346. The van der Waals surface area contributed by atoms with E-state index in [1.54, 1.807) is 0 Å². The van der Waals surface area contributed by atoms with Gasteiger partial charge in [0, 0.05) is 44.2 Å². The molecule has 0 saturated carbocycles. The van der Waals surface area contributed by atoms with Crippen LogP contribution < -0.4 is 5.73 Å². The van der Waals surface area contributed by atoms with Gasteiger partial charge in [-0.3, -0.25) is 9.69 Å². The molecular weight excluding hydrogens is 202 g/mol. The maximum Gasteiger partial charge on any atom is 0.222 e. The maximum absolute atomic E-state index is 11.6. The average molecular weight is 225 g/mol. The van der Waals surface area contributed by atoms with Gasteiger partial charge in [0.15, 0.2) is 0 Å². The third-order valence-electron chi connectivity index (χ3n) is 3.43. The van der Waals surface area contributed by atoms with Gasteiger partial charge in [-0.15, -0.1) is 0 Å². The summed E-state index contributed by atoms with van der Waals surface area (Å²) >= 11 is 0. The van der Waals surface area contributed by atoms with Gasteiger partial charge < -0.3 is 10.6 Å². The monoisotopic (exact) mass is 225 g/mol. The average Bonchev–Trinajstić information content (AvgIpc) is 2.71. The smallest absolute Gasteiger partial charge is 0.222 e. The normalized spacial score (nSPS) is 28.1. The number of nitrogens with two attached hydrogens (primary N) is 1. The highest BCUT2D eigenvalue weighted by atomic mass is 16.2. The standard InChI is InChI=1S/C12H23N3O/c1-12(2,13)9-14-7-5-10(8-14)15-6-3-4-11(15)16/h10H,3-9,13H2,1-2H3. The molecule has 4 nitrogen and oxygen atoms in total. The van der Waals surface area contributed by atoms with Crippen LogP contribution in [0.25, 0.3) is 0 Å². The Morgan fingerprint density at radius 2 is 2.19 bits per heavy atom. The molecule has 2 rings (SSSR count). The molecule has 0 spiro atoms. The lowest BCUT2D eigenvalue weighted by molar-refractivity contribution is -0.129. The second-order valence-electron chi connectivity index (χ2n) is 5.86. The topological polar surface area (TPSA) is 49.6 Å². The molecule has 0 radical (unpaired) electrons. The molecule has 1 atom stereocenters. The Kier molecular flexibility index (Phi) is 3.22. The summed E-state index contributed by atoms with van der Waals surface area (Å²) in [6.07, 6.45) is 2.90. The summed E-state index contributed by atoms with van der Waals surface area (Å²) < 4.78 is 0. The van der Waals surface area contributed by atoms with E-state index in [0.29, 0.717) is 11.9 Å². The lowest BCUT2D eigenvalue weighted by Crippen LogP contribution is -2.46. The Morgan fingerprint density at radius 3 is 2.75 bits per heavy atom. The Morgan fingerprint density at radius 1 is 1.44 bits per heavy atom. The van der Waals surface area contributed by atoms with Crippen molar-refractivity contribution < 1.29 is 4.79 Å². The number of rotatable bonds is 3. The number of carbonyl (C=O) groups excluding carboxylic acids is 1. The first kappa shape index (κ1) is 11.9. The summed E-state index contributed by atoms with van der Waals surface area (Å²) in [6.45, 7) is 8.08. The van der Waals surface area contributed by atoms with Crippen LogP contribution in [0.2, 0.25) is 0 Å². The first-order chi connectivity index (χ1) is 7.46. The van der Waals surface area contributed by atoms with Gasteiger partial charge in [-0.05, 0) is 26.7 Å². The Labute approximate surface area is 97.8 Å². The molecule has 16 heavy (non-hydrogen) atoms. The first-order valence-corrected chi connectivity index (χ1v) is 6.26. The summed E-state index contributed by atoms with van der Waals surface area (Å²) in [4.78, 5) is 16.1. The third-order valence-corrected chi connectivity index (χ3v) is 3.43. The number of likely N-dealkylation sites (tertiary alicyclic amines) is 2. The van der Waals surface area contributed by atoms with Gasteiger partial charge in [0.1, 0.15) is 0 Å².